The van der Waals surface area contributed by atoms with Crippen LogP contribution in [0.1, 0.15) is 58.8 Å². The van der Waals surface area contributed by atoms with Crippen molar-refractivity contribution in [2.24, 2.45) is 0 Å². The Morgan fingerprint density at radius 1 is 0.692 bits per heavy atom. The quantitative estimate of drug-likeness (QED) is 0.466. The van der Waals surface area contributed by atoms with Gasteiger partial charge in [0.2, 0.25) is 0 Å². The highest BCUT2D eigenvalue weighted by Gasteiger charge is 2.16. The van der Waals surface area contributed by atoms with Gasteiger partial charge in [-0.3, -0.25) is 0 Å². The van der Waals surface area contributed by atoms with Gasteiger partial charge >= 0.3 is 0 Å². The Morgan fingerprint density at radius 3 is 1.38 bits per heavy atom. The van der Waals surface area contributed by atoms with Crippen LogP contribution in [0.15, 0.2) is 24.3 Å². The maximum Gasteiger partial charge on any atom is -0.0315 e. The first-order valence-corrected chi connectivity index (χ1v) is 5.66. The van der Waals surface area contributed by atoms with E-state index >= 15 is 0 Å². The van der Waals surface area contributed by atoms with Crippen molar-refractivity contribution in [1.29, 1.82) is 0 Å². The Kier molecular flexibility index (Phi) is 7.77. The minimum absolute atomic E-state index is 1.44. The first kappa shape index (κ1) is 12.5. The third-order valence-corrected chi connectivity index (χ3v) is 2.66. The largest absolute Gasteiger partial charge is 0.106 e. The summed E-state index contributed by atoms with van der Waals surface area (Å²) in [5.41, 5.74) is 3.67. The molecule has 2 aliphatic rings. The monoisotopic (exact) mass is 180 g/mol. The van der Waals surface area contributed by atoms with Crippen LogP contribution in [-0.4, -0.2) is 0 Å². The fourth-order valence-corrected chi connectivity index (χ4v) is 2.15. The molecule has 0 heterocycles. The molecule has 0 amide bonds. The van der Waals surface area contributed by atoms with E-state index in [-0.39, 0.29) is 0 Å². The predicted molar refractivity (Wildman–Crippen MR) is 61.9 cm³/mol. The molecular formula is C13H24. The van der Waals surface area contributed by atoms with E-state index in [2.05, 4.69) is 13.2 Å². The number of allylic oxidation sites excluding steroid dienone is 2. The van der Waals surface area contributed by atoms with Gasteiger partial charge in [-0.05, 0) is 44.9 Å². The molecule has 0 saturated carbocycles. The summed E-state index contributed by atoms with van der Waals surface area (Å²) in [5.74, 6) is 0. The molecule has 0 aliphatic heterocycles. The van der Waals surface area contributed by atoms with E-state index in [9.17, 15) is 0 Å². The highest BCUT2D eigenvalue weighted by Crippen LogP contribution is 2.36. The summed E-state index contributed by atoms with van der Waals surface area (Å²) in [6.07, 6.45) is 10.2. The number of hydrogen-bond donors (Lipinski definition) is 0. The molecule has 0 spiro atoms. The van der Waals surface area contributed by atoms with E-state index in [1.165, 1.54) is 44.9 Å². The van der Waals surface area contributed by atoms with Gasteiger partial charge in [-0.25, -0.2) is 0 Å². The average Bonchev–Trinajstić information content (AvgIpc) is 2.71. The van der Waals surface area contributed by atoms with Gasteiger partial charge in [-0.15, -0.1) is 13.2 Å². The molecule has 0 radical (unpaired) electrons. The number of rotatable bonds is 0. The third-order valence-electron chi connectivity index (χ3n) is 2.66. The molecule has 13 heavy (non-hydrogen) atoms. The van der Waals surface area contributed by atoms with Crippen LogP contribution in [0.5, 0.6) is 0 Å². The predicted octanol–water partition coefficient (Wildman–Crippen LogP) is 4.87. The molecule has 2 rings (SSSR count). The molecular weight excluding hydrogens is 156 g/mol. The molecule has 2 aliphatic carbocycles. The molecule has 76 valence electrons. The Balaban J connectivity index is 0.000000322. The van der Waals surface area contributed by atoms with Gasteiger partial charge in [0.1, 0.15) is 0 Å². The minimum Gasteiger partial charge on any atom is -0.106 e. The van der Waals surface area contributed by atoms with Crippen LogP contribution >= 0.6 is 0 Å². The third kappa shape index (κ3) is 3.80. The summed E-state index contributed by atoms with van der Waals surface area (Å²) in [6, 6.07) is 0. The maximum atomic E-state index is 3.00. The topological polar surface area (TPSA) is 0 Å². The Hall–Kier alpha value is -0.520. The van der Waals surface area contributed by atoms with Gasteiger partial charge in [0.15, 0.2) is 0 Å². The summed E-state index contributed by atoms with van der Waals surface area (Å²) in [5, 5.41) is 0. The summed E-state index contributed by atoms with van der Waals surface area (Å²) < 4.78 is 0. The van der Waals surface area contributed by atoms with Gasteiger partial charge < -0.3 is 0 Å². The average molecular weight is 180 g/mol. The lowest BCUT2D eigenvalue weighted by molar-refractivity contribution is 0.672. The van der Waals surface area contributed by atoms with E-state index in [1.807, 2.05) is 25.0 Å². The minimum atomic E-state index is 1.44. The highest BCUT2D eigenvalue weighted by molar-refractivity contribution is 5.21. The van der Waals surface area contributed by atoms with E-state index in [1.54, 1.807) is 0 Å². The standard InChI is InChI=1S/C9H14.C2H6.C2H4/c1-2-5-9-7-3-6-8(9)4-1;2*1-2/h1-7H2;1-2H3;1-2H2. The van der Waals surface area contributed by atoms with Crippen LogP contribution in [-0.2, 0) is 0 Å². The van der Waals surface area contributed by atoms with E-state index in [0.29, 0.717) is 0 Å². The van der Waals surface area contributed by atoms with Gasteiger partial charge in [0.25, 0.3) is 0 Å². The maximum absolute atomic E-state index is 3.00. The zero-order valence-electron chi connectivity index (χ0n) is 9.36. The van der Waals surface area contributed by atoms with E-state index in [4.69, 9.17) is 0 Å². The van der Waals surface area contributed by atoms with Crippen LogP contribution in [0.25, 0.3) is 0 Å². The van der Waals surface area contributed by atoms with Crippen LogP contribution < -0.4 is 0 Å². The van der Waals surface area contributed by atoms with Crippen molar-refractivity contribution in [3.05, 3.63) is 24.3 Å². The highest BCUT2D eigenvalue weighted by atomic mass is 14.2. The summed E-state index contributed by atoms with van der Waals surface area (Å²) in [4.78, 5) is 0. The summed E-state index contributed by atoms with van der Waals surface area (Å²) in [6.45, 7) is 10.0. The van der Waals surface area contributed by atoms with Crippen molar-refractivity contribution in [1.82, 2.24) is 0 Å². The lowest BCUT2D eigenvalue weighted by atomic mass is 9.94. The summed E-state index contributed by atoms with van der Waals surface area (Å²) >= 11 is 0. The van der Waals surface area contributed by atoms with Gasteiger partial charge in [-0.1, -0.05) is 25.0 Å². The molecule has 0 fully saturated rings. The molecule has 0 N–H and O–H groups in total. The van der Waals surface area contributed by atoms with Gasteiger partial charge in [0.05, 0.1) is 0 Å². The Labute approximate surface area is 83.7 Å². The number of hydrogen-bond acceptors (Lipinski definition) is 0. The Morgan fingerprint density at radius 2 is 1.00 bits per heavy atom. The molecule has 0 heteroatoms. The fraction of sp³-hybridized carbons (Fsp3) is 0.692. The zero-order chi connectivity index (χ0) is 10.1. The van der Waals surface area contributed by atoms with Crippen LogP contribution in [0.2, 0.25) is 0 Å². The molecule has 0 aromatic carbocycles. The van der Waals surface area contributed by atoms with E-state index < -0.39 is 0 Å². The molecule has 0 atom stereocenters. The summed E-state index contributed by atoms with van der Waals surface area (Å²) in [7, 11) is 0. The molecule has 0 bridgehead atoms. The molecule has 0 aromatic rings. The van der Waals surface area contributed by atoms with Crippen LogP contribution in [0, 0.1) is 0 Å². The fourth-order valence-electron chi connectivity index (χ4n) is 2.15. The van der Waals surface area contributed by atoms with E-state index in [0.717, 1.165) is 0 Å². The molecule has 0 unspecified atom stereocenters. The molecule has 0 nitrogen and oxygen atoms in total. The van der Waals surface area contributed by atoms with Crippen LogP contribution in [0.4, 0.5) is 0 Å². The van der Waals surface area contributed by atoms with Crippen molar-refractivity contribution >= 4 is 0 Å². The molecule has 0 saturated heterocycles. The first-order chi connectivity index (χ1) is 6.47. The SMILES string of the molecule is C1CCC2=C(C1)CCC2.C=C.CC. The van der Waals surface area contributed by atoms with Crippen molar-refractivity contribution in [3.8, 4) is 0 Å². The van der Waals surface area contributed by atoms with Crippen molar-refractivity contribution < 1.29 is 0 Å². The second kappa shape index (κ2) is 8.10. The Bertz CT molecular complexity index is 137. The second-order valence-electron chi connectivity index (χ2n) is 3.27. The zero-order valence-corrected chi connectivity index (χ0v) is 9.36. The van der Waals surface area contributed by atoms with Crippen molar-refractivity contribution in [3.63, 3.8) is 0 Å². The lowest BCUT2D eigenvalue weighted by Gasteiger charge is -2.12. The normalized spacial score (nSPS) is 19.2. The van der Waals surface area contributed by atoms with Crippen LogP contribution in [0.3, 0.4) is 0 Å². The van der Waals surface area contributed by atoms with Gasteiger partial charge in [-0.2, -0.15) is 0 Å². The van der Waals surface area contributed by atoms with Gasteiger partial charge in [0, 0.05) is 0 Å². The molecule has 0 aromatic heterocycles. The lowest BCUT2D eigenvalue weighted by Crippen LogP contribution is -1.92. The van der Waals surface area contributed by atoms with Crippen molar-refractivity contribution in [2.75, 3.05) is 0 Å². The van der Waals surface area contributed by atoms with Crippen molar-refractivity contribution in [2.45, 2.75) is 58.8 Å². The smallest absolute Gasteiger partial charge is 0.0315 e. The first-order valence-electron chi connectivity index (χ1n) is 5.66. The second-order valence-corrected chi connectivity index (χ2v) is 3.27.